The highest BCUT2D eigenvalue weighted by Crippen LogP contribution is 2.16. The maximum absolute atomic E-state index is 11.6. The van der Waals surface area contributed by atoms with Crippen LogP contribution in [0.25, 0.3) is 11.6 Å². The van der Waals surface area contributed by atoms with Crippen LogP contribution in [-0.2, 0) is 11.2 Å². The average molecular weight is 263 g/mol. The van der Waals surface area contributed by atoms with Crippen molar-refractivity contribution in [1.82, 2.24) is 15.5 Å². The van der Waals surface area contributed by atoms with Crippen molar-refractivity contribution >= 4 is 5.91 Å². The molecular weight excluding hydrogens is 246 g/mol. The minimum atomic E-state index is -0.231. The van der Waals surface area contributed by atoms with Gasteiger partial charge in [0.1, 0.15) is 0 Å². The number of amides is 1. The summed E-state index contributed by atoms with van der Waals surface area (Å²) in [4.78, 5) is 15.8. The van der Waals surface area contributed by atoms with Crippen molar-refractivity contribution in [3.8, 4) is 11.6 Å². The van der Waals surface area contributed by atoms with Crippen LogP contribution >= 0.6 is 0 Å². The number of rotatable bonds is 4. The lowest BCUT2D eigenvalue weighted by Crippen LogP contribution is -2.40. The smallest absolute Gasteiger partial charge is 0.238 e. The van der Waals surface area contributed by atoms with Crippen LogP contribution in [0.5, 0.6) is 0 Å². The molecule has 0 aliphatic rings. The Morgan fingerprint density at radius 1 is 1.42 bits per heavy atom. The number of furan rings is 1. The Morgan fingerprint density at radius 2 is 2.21 bits per heavy atom. The Labute approximate surface area is 111 Å². The predicted molar refractivity (Wildman–Crippen MR) is 68.2 cm³/mol. The van der Waals surface area contributed by atoms with Gasteiger partial charge in [-0.1, -0.05) is 5.16 Å². The van der Waals surface area contributed by atoms with Gasteiger partial charge in [-0.2, -0.15) is 4.98 Å². The topological polar surface area (TPSA) is 81.2 Å². The second kappa shape index (κ2) is 5.26. The van der Waals surface area contributed by atoms with E-state index in [2.05, 4.69) is 15.5 Å². The number of hydrogen-bond acceptors (Lipinski definition) is 5. The molecular formula is C13H17N3O3. The molecule has 2 heterocycles. The van der Waals surface area contributed by atoms with E-state index in [-0.39, 0.29) is 11.4 Å². The molecule has 0 radical (unpaired) electrons. The van der Waals surface area contributed by atoms with Crippen molar-refractivity contribution in [2.45, 2.75) is 39.2 Å². The summed E-state index contributed by atoms with van der Waals surface area (Å²) in [6.45, 7) is 5.81. The lowest BCUT2D eigenvalue weighted by molar-refractivity contribution is -0.122. The van der Waals surface area contributed by atoms with Gasteiger partial charge in [0, 0.05) is 18.4 Å². The maximum atomic E-state index is 11.6. The van der Waals surface area contributed by atoms with Gasteiger partial charge in [-0.3, -0.25) is 4.79 Å². The fourth-order valence-corrected chi connectivity index (χ4v) is 1.56. The molecule has 0 unspecified atom stereocenters. The number of nitrogens with one attached hydrogen (secondary N) is 1. The van der Waals surface area contributed by atoms with E-state index in [1.165, 1.54) is 0 Å². The van der Waals surface area contributed by atoms with E-state index < -0.39 is 0 Å². The Bertz CT molecular complexity index is 538. The highest BCUT2D eigenvalue weighted by Gasteiger charge is 2.16. The molecule has 6 nitrogen and oxygen atoms in total. The lowest BCUT2D eigenvalue weighted by atomic mass is 10.1. The molecule has 0 saturated heterocycles. The van der Waals surface area contributed by atoms with Crippen LogP contribution in [0.2, 0.25) is 0 Å². The van der Waals surface area contributed by atoms with Crippen molar-refractivity contribution in [3.63, 3.8) is 0 Å². The largest absolute Gasteiger partial charge is 0.461 e. The van der Waals surface area contributed by atoms with Crippen LogP contribution in [0.3, 0.4) is 0 Å². The van der Waals surface area contributed by atoms with Crippen molar-refractivity contribution in [2.24, 2.45) is 0 Å². The Morgan fingerprint density at radius 3 is 2.84 bits per heavy atom. The number of aryl methyl sites for hydroxylation is 1. The van der Waals surface area contributed by atoms with Gasteiger partial charge in [0.25, 0.3) is 0 Å². The molecule has 0 spiro atoms. The quantitative estimate of drug-likeness (QED) is 0.914. The molecule has 0 atom stereocenters. The van der Waals surface area contributed by atoms with Gasteiger partial charge < -0.3 is 14.3 Å². The summed E-state index contributed by atoms with van der Waals surface area (Å²) in [5.74, 6) is 1.34. The van der Waals surface area contributed by atoms with Crippen LogP contribution in [0.15, 0.2) is 27.3 Å². The second-order valence-electron chi connectivity index (χ2n) is 5.29. The van der Waals surface area contributed by atoms with Crippen molar-refractivity contribution in [3.05, 3.63) is 24.3 Å². The number of carbonyl (C=O) groups excluding carboxylic acids is 1. The zero-order valence-electron chi connectivity index (χ0n) is 11.3. The molecule has 19 heavy (non-hydrogen) atoms. The molecule has 2 aromatic rings. The van der Waals surface area contributed by atoms with E-state index in [0.29, 0.717) is 30.3 Å². The van der Waals surface area contributed by atoms with Crippen molar-refractivity contribution < 1.29 is 13.7 Å². The molecule has 0 aliphatic heterocycles. The average Bonchev–Trinajstić information content (AvgIpc) is 2.95. The Balaban J connectivity index is 1.89. The first kappa shape index (κ1) is 13.3. The summed E-state index contributed by atoms with van der Waals surface area (Å²) in [5, 5.41) is 6.68. The number of nitrogens with zero attached hydrogens (tertiary/aromatic N) is 2. The molecule has 6 heteroatoms. The SMILES string of the molecule is CC(C)(C)NC(=O)CCc1nc(-c2ccco2)no1. The van der Waals surface area contributed by atoms with E-state index in [4.69, 9.17) is 8.94 Å². The summed E-state index contributed by atoms with van der Waals surface area (Å²) in [6.07, 6.45) is 2.27. The standard InChI is InChI=1S/C13H17N3O3/c1-13(2,3)15-10(17)6-7-11-14-12(16-19-11)9-5-4-8-18-9/h4-5,8H,6-7H2,1-3H3,(H,15,17). The Kier molecular flexibility index (Phi) is 3.69. The lowest BCUT2D eigenvalue weighted by Gasteiger charge is -2.20. The fraction of sp³-hybridized carbons (Fsp3) is 0.462. The van der Waals surface area contributed by atoms with Gasteiger partial charge in [-0.15, -0.1) is 0 Å². The van der Waals surface area contributed by atoms with Gasteiger partial charge in [0.15, 0.2) is 5.76 Å². The minimum Gasteiger partial charge on any atom is -0.461 e. The second-order valence-corrected chi connectivity index (χ2v) is 5.29. The van der Waals surface area contributed by atoms with Gasteiger partial charge in [0.05, 0.1) is 6.26 Å². The van der Waals surface area contributed by atoms with Gasteiger partial charge in [-0.25, -0.2) is 0 Å². The molecule has 0 fully saturated rings. The molecule has 1 N–H and O–H groups in total. The van der Waals surface area contributed by atoms with E-state index in [9.17, 15) is 4.79 Å². The summed E-state index contributed by atoms with van der Waals surface area (Å²) >= 11 is 0. The van der Waals surface area contributed by atoms with E-state index in [1.807, 2.05) is 20.8 Å². The molecule has 0 aromatic carbocycles. The van der Waals surface area contributed by atoms with Crippen LogP contribution in [0.4, 0.5) is 0 Å². The van der Waals surface area contributed by atoms with E-state index in [1.54, 1.807) is 18.4 Å². The maximum Gasteiger partial charge on any atom is 0.238 e. The molecule has 102 valence electrons. The third kappa shape index (κ3) is 3.94. The van der Waals surface area contributed by atoms with E-state index in [0.717, 1.165) is 0 Å². The third-order valence-electron chi connectivity index (χ3n) is 2.29. The first-order valence-electron chi connectivity index (χ1n) is 6.11. The fourth-order valence-electron chi connectivity index (χ4n) is 1.56. The first-order valence-corrected chi connectivity index (χ1v) is 6.11. The summed E-state index contributed by atoms with van der Waals surface area (Å²) in [6, 6.07) is 3.50. The molecule has 0 bridgehead atoms. The van der Waals surface area contributed by atoms with E-state index >= 15 is 0 Å². The number of carbonyl (C=O) groups is 1. The Hall–Kier alpha value is -2.11. The van der Waals surface area contributed by atoms with Gasteiger partial charge in [0.2, 0.25) is 17.6 Å². The van der Waals surface area contributed by atoms with Crippen molar-refractivity contribution in [1.29, 1.82) is 0 Å². The minimum absolute atomic E-state index is 0.0368. The first-order chi connectivity index (χ1) is 8.94. The van der Waals surface area contributed by atoms with Crippen LogP contribution in [0.1, 0.15) is 33.1 Å². The molecule has 0 aliphatic carbocycles. The number of hydrogen-bond donors (Lipinski definition) is 1. The molecule has 2 rings (SSSR count). The molecule has 2 aromatic heterocycles. The van der Waals surface area contributed by atoms with Gasteiger partial charge >= 0.3 is 0 Å². The highest BCUT2D eigenvalue weighted by molar-refractivity contribution is 5.76. The summed E-state index contributed by atoms with van der Waals surface area (Å²) in [5.41, 5.74) is -0.231. The van der Waals surface area contributed by atoms with Crippen LogP contribution in [-0.4, -0.2) is 21.6 Å². The zero-order chi connectivity index (χ0) is 13.9. The van der Waals surface area contributed by atoms with Crippen molar-refractivity contribution in [2.75, 3.05) is 0 Å². The number of aromatic nitrogens is 2. The zero-order valence-corrected chi connectivity index (χ0v) is 11.3. The third-order valence-corrected chi connectivity index (χ3v) is 2.29. The summed E-state index contributed by atoms with van der Waals surface area (Å²) in [7, 11) is 0. The monoisotopic (exact) mass is 263 g/mol. The van der Waals surface area contributed by atoms with Gasteiger partial charge in [-0.05, 0) is 32.9 Å². The molecule has 1 amide bonds. The normalized spacial score (nSPS) is 11.5. The van der Waals surface area contributed by atoms with Crippen LogP contribution < -0.4 is 5.32 Å². The molecule has 0 saturated carbocycles. The highest BCUT2D eigenvalue weighted by atomic mass is 16.5. The van der Waals surface area contributed by atoms with Crippen LogP contribution in [0, 0.1) is 0 Å². The predicted octanol–water partition coefficient (Wildman–Crippen LogP) is 2.18. The summed E-state index contributed by atoms with van der Waals surface area (Å²) < 4.78 is 10.2.